The summed E-state index contributed by atoms with van der Waals surface area (Å²) in [7, 11) is -3.51. The minimum Gasteiger partial charge on any atom is -0.342 e. The van der Waals surface area contributed by atoms with E-state index in [2.05, 4.69) is 0 Å². The van der Waals surface area contributed by atoms with Gasteiger partial charge in [0.05, 0.1) is 9.77 Å². The molecule has 4 rings (SSSR count). The van der Waals surface area contributed by atoms with Gasteiger partial charge in [0.15, 0.2) is 5.78 Å². The molecule has 2 aliphatic heterocycles. The second-order valence-corrected chi connectivity index (χ2v) is 12.3. The topological polar surface area (TPSA) is 74.8 Å². The van der Waals surface area contributed by atoms with Gasteiger partial charge in [0, 0.05) is 39.0 Å². The molecule has 0 atom stereocenters. The molecular weight excluding hydrogens is 456 g/mol. The first-order valence-corrected chi connectivity index (χ1v) is 13.9. The van der Waals surface area contributed by atoms with Crippen LogP contribution >= 0.6 is 11.3 Å². The predicted molar refractivity (Wildman–Crippen MR) is 130 cm³/mol. The summed E-state index contributed by atoms with van der Waals surface area (Å²) in [5, 5.41) is 1.89. The van der Waals surface area contributed by atoms with Crippen molar-refractivity contribution < 1.29 is 18.0 Å². The van der Waals surface area contributed by atoms with Gasteiger partial charge in [-0.1, -0.05) is 18.2 Å². The Kier molecular flexibility index (Phi) is 7.07. The summed E-state index contributed by atoms with van der Waals surface area (Å²) in [4.78, 5) is 27.9. The smallest absolute Gasteiger partial charge is 0.243 e. The van der Waals surface area contributed by atoms with Gasteiger partial charge >= 0.3 is 0 Å². The summed E-state index contributed by atoms with van der Waals surface area (Å²) in [5.74, 6) is 0.212. The Balaban J connectivity index is 1.29. The SMILES string of the molecule is Cc1ccc(C)c(S(=O)(=O)N2CCC3(CCN(C(=O)CCCC(=O)c4cccs4)C3)CC2)c1. The second kappa shape index (κ2) is 9.68. The number of rotatable bonds is 7. The molecule has 0 aliphatic carbocycles. The van der Waals surface area contributed by atoms with Crippen molar-refractivity contribution in [1.29, 1.82) is 0 Å². The average molecular weight is 489 g/mol. The van der Waals surface area contributed by atoms with Crippen LogP contribution in [0.5, 0.6) is 0 Å². The van der Waals surface area contributed by atoms with Crippen molar-refractivity contribution >= 4 is 33.1 Å². The van der Waals surface area contributed by atoms with Gasteiger partial charge in [0.2, 0.25) is 15.9 Å². The molecule has 33 heavy (non-hydrogen) atoms. The fraction of sp³-hybridized carbons (Fsp3) is 0.520. The van der Waals surface area contributed by atoms with E-state index in [9.17, 15) is 18.0 Å². The normalized spacial score (nSPS) is 18.7. The molecule has 1 aromatic carbocycles. The van der Waals surface area contributed by atoms with Crippen LogP contribution in [0.25, 0.3) is 0 Å². The number of piperidine rings is 1. The lowest BCUT2D eigenvalue weighted by atomic mass is 9.78. The Morgan fingerprint density at radius 3 is 2.45 bits per heavy atom. The number of ketones is 1. The predicted octanol–water partition coefficient (Wildman–Crippen LogP) is 4.42. The van der Waals surface area contributed by atoms with Crippen molar-refractivity contribution in [2.75, 3.05) is 26.2 Å². The van der Waals surface area contributed by atoms with Gasteiger partial charge in [-0.2, -0.15) is 4.31 Å². The summed E-state index contributed by atoms with van der Waals surface area (Å²) in [5.41, 5.74) is 1.72. The van der Waals surface area contributed by atoms with Crippen molar-refractivity contribution in [1.82, 2.24) is 9.21 Å². The Morgan fingerprint density at radius 2 is 1.76 bits per heavy atom. The van der Waals surface area contributed by atoms with Gasteiger partial charge in [0.25, 0.3) is 0 Å². The monoisotopic (exact) mass is 488 g/mol. The number of hydrogen-bond acceptors (Lipinski definition) is 5. The number of benzene rings is 1. The lowest BCUT2D eigenvalue weighted by Gasteiger charge is -2.38. The van der Waals surface area contributed by atoms with Crippen LogP contribution < -0.4 is 0 Å². The molecule has 0 unspecified atom stereocenters. The van der Waals surface area contributed by atoms with Crippen molar-refractivity contribution in [3.63, 3.8) is 0 Å². The van der Waals surface area contributed by atoms with Gasteiger partial charge in [-0.3, -0.25) is 9.59 Å². The minimum atomic E-state index is -3.51. The summed E-state index contributed by atoms with van der Waals surface area (Å²) >= 11 is 1.44. The van der Waals surface area contributed by atoms with Gasteiger partial charge in [-0.15, -0.1) is 11.3 Å². The van der Waals surface area contributed by atoms with Gasteiger partial charge in [-0.25, -0.2) is 8.42 Å². The summed E-state index contributed by atoms with van der Waals surface area (Å²) in [6.07, 6.45) is 3.83. The second-order valence-electron chi connectivity index (χ2n) is 9.49. The molecule has 2 aromatic rings. The van der Waals surface area contributed by atoms with E-state index in [0.29, 0.717) is 43.8 Å². The average Bonchev–Trinajstić information content (AvgIpc) is 3.46. The quantitative estimate of drug-likeness (QED) is 0.541. The van der Waals surface area contributed by atoms with E-state index >= 15 is 0 Å². The molecule has 178 valence electrons. The molecule has 1 amide bonds. The molecule has 0 bridgehead atoms. The highest BCUT2D eigenvalue weighted by molar-refractivity contribution is 7.89. The molecule has 1 spiro atoms. The molecule has 1 aromatic heterocycles. The highest BCUT2D eigenvalue weighted by atomic mass is 32.2. The molecule has 0 radical (unpaired) electrons. The zero-order valence-corrected chi connectivity index (χ0v) is 21.0. The Labute approximate surface area is 200 Å². The maximum Gasteiger partial charge on any atom is 0.243 e. The van der Waals surface area contributed by atoms with Crippen LogP contribution in [0.3, 0.4) is 0 Å². The summed E-state index contributed by atoms with van der Waals surface area (Å²) < 4.78 is 28.1. The zero-order chi connectivity index (χ0) is 23.6. The van der Waals surface area contributed by atoms with E-state index in [-0.39, 0.29) is 17.1 Å². The number of hydrogen-bond donors (Lipinski definition) is 0. The molecule has 3 heterocycles. The maximum atomic E-state index is 13.2. The third kappa shape index (κ3) is 5.23. The summed E-state index contributed by atoms with van der Waals surface area (Å²) in [6.45, 7) is 6.15. The lowest BCUT2D eigenvalue weighted by molar-refractivity contribution is -0.130. The number of sulfonamides is 1. The molecule has 8 heteroatoms. The van der Waals surface area contributed by atoms with Crippen LogP contribution in [-0.2, 0) is 14.8 Å². The first-order valence-electron chi connectivity index (χ1n) is 11.6. The molecule has 0 N–H and O–H groups in total. The fourth-order valence-corrected chi connectivity index (χ4v) is 7.45. The molecule has 2 fully saturated rings. The van der Waals surface area contributed by atoms with E-state index in [4.69, 9.17) is 0 Å². The Hall–Kier alpha value is -2.03. The standard InChI is InChI=1S/C25H32N2O4S2/c1-19-8-9-20(2)23(17-19)33(30,31)27-14-11-25(12-15-27)10-13-26(18-25)24(29)7-3-5-21(28)22-6-4-16-32-22/h4,6,8-9,16-17H,3,5,7,10-15,18H2,1-2H3. The van der Waals surface area contributed by atoms with Crippen LogP contribution in [0, 0.1) is 19.3 Å². The summed E-state index contributed by atoms with van der Waals surface area (Å²) in [6, 6.07) is 9.25. The van der Waals surface area contributed by atoms with Crippen LogP contribution in [-0.4, -0.2) is 55.5 Å². The van der Waals surface area contributed by atoms with Crippen molar-refractivity contribution in [2.24, 2.45) is 5.41 Å². The Bertz CT molecular complexity index is 1120. The molecule has 0 saturated carbocycles. The van der Waals surface area contributed by atoms with Crippen molar-refractivity contribution in [3.05, 3.63) is 51.7 Å². The number of carbonyl (C=O) groups is 2. The van der Waals surface area contributed by atoms with Crippen LogP contribution in [0.15, 0.2) is 40.6 Å². The molecule has 2 aliphatic rings. The number of thiophene rings is 1. The van der Waals surface area contributed by atoms with Gasteiger partial charge < -0.3 is 4.90 Å². The van der Waals surface area contributed by atoms with Gasteiger partial charge in [0.1, 0.15) is 0 Å². The van der Waals surface area contributed by atoms with Crippen LogP contribution in [0.4, 0.5) is 0 Å². The first-order chi connectivity index (χ1) is 15.7. The van der Waals surface area contributed by atoms with E-state index < -0.39 is 10.0 Å². The number of amides is 1. The zero-order valence-electron chi connectivity index (χ0n) is 19.4. The lowest BCUT2D eigenvalue weighted by Crippen LogP contribution is -2.44. The third-order valence-corrected chi connectivity index (χ3v) is 10.1. The third-order valence-electron chi connectivity index (χ3n) is 7.13. The minimum absolute atomic E-state index is 0.0100. The Morgan fingerprint density at radius 1 is 1.03 bits per heavy atom. The van der Waals surface area contributed by atoms with E-state index in [1.54, 1.807) is 10.4 Å². The van der Waals surface area contributed by atoms with E-state index in [0.717, 1.165) is 41.8 Å². The largest absolute Gasteiger partial charge is 0.342 e. The molecular formula is C25H32N2O4S2. The number of Topliss-reactive ketones (excluding diaryl/α,β-unsaturated/α-hetero) is 1. The molecule has 6 nitrogen and oxygen atoms in total. The van der Waals surface area contributed by atoms with E-state index in [1.165, 1.54) is 11.3 Å². The number of likely N-dealkylation sites (tertiary alicyclic amines) is 1. The van der Waals surface area contributed by atoms with Crippen LogP contribution in [0.1, 0.15) is 59.3 Å². The highest BCUT2D eigenvalue weighted by Gasteiger charge is 2.44. The van der Waals surface area contributed by atoms with Crippen molar-refractivity contribution in [2.45, 2.75) is 57.3 Å². The fourth-order valence-electron chi connectivity index (χ4n) is 5.00. The number of aryl methyl sites for hydroxylation is 2. The molecule has 2 saturated heterocycles. The maximum absolute atomic E-state index is 13.2. The highest BCUT2D eigenvalue weighted by Crippen LogP contribution is 2.42. The van der Waals surface area contributed by atoms with Crippen LogP contribution in [0.2, 0.25) is 0 Å². The number of nitrogens with zero attached hydrogens (tertiary/aromatic N) is 2. The van der Waals surface area contributed by atoms with Crippen molar-refractivity contribution in [3.8, 4) is 0 Å². The van der Waals surface area contributed by atoms with Gasteiger partial charge in [-0.05, 0) is 73.6 Å². The first kappa shape index (κ1) is 24.1. The number of carbonyl (C=O) groups excluding carboxylic acids is 2. The van der Waals surface area contributed by atoms with E-state index in [1.807, 2.05) is 48.4 Å².